The highest BCUT2D eigenvalue weighted by molar-refractivity contribution is 14.1. The minimum absolute atomic E-state index is 0.208. The van der Waals surface area contributed by atoms with Crippen LogP contribution in [0.15, 0.2) is 24.3 Å². The van der Waals surface area contributed by atoms with Gasteiger partial charge in [-0.15, -0.1) is 0 Å². The van der Waals surface area contributed by atoms with E-state index < -0.39 is 36.3 Å². The Kier molecular flexibility index (Phi) is 13.1. The van der Waals surface area contributed by atoms with Crippen molar-refractivity contribution in [2.24, 2.45) is 0 Å². The van der Waals surface area contributed by atoms with Gasteiger partial charge in [0, 0.05) is 28.3 Å². The van der Waals surface area contributed by atoms with Gasteiger partial charge in [0.1, 0.15) is 6.04 Å². The minimum atomic E-state index is -1.70. The zero-order valence-corrected chi connectivity index (χ0v) is 19.9. The molecule has 12 nitrogen and oxygen atoms in total. The summed E-state index contributed by atoms with van der Waals surface area (Å²) in [6.07, 6.45) is -1.19. The maximum atomic E-state index is 12.1. The van der Waals surface area contributed by atoms with Crippen LogP contribution in [0.5, 0.6) is 0 Å². The molecule has 0 radical (unpaired) electrons. The average Bonchev–Trinajstić information content (AvgIpc) is 2.71. The predicted molar refractivity (Wildman–Crippen MR) is 127 cm³/mol. The Hall–Kier alpha value is -2.65. The first-order chi connectivity index (χ1) is 15.6. The van der Waals surface area contributed by atoms with Gasteiger partial charge in [-0.25, -0.2) is 14.4 Å². The third-order valence-electron chi connectivity index (χ3n) is 4.44. The maximum Gasteiger partial charge on any atom is 0.326 e. The molecule has 0 spiro atoms. The summed E-state index contributed by atoms with van der Waals surface area (Å²) in [5, 5.41) is 45.9. The molecule has 0 saturated carbocycles. The normalized spacial score (nSPS) is 12.5. The second kappa shape index (κ2) is 15.2. The SMILES string of the molecule is O=C(O)C[C@H](CCCCNC(=O)Nc1ccc(I)cc1)NC(=O)N[C@@H](CCC(O)O)C(=O)O. The summed E-state index contributed by atoms with van der Waals surface area (Å²) < 4.78 is 1.04. The van der Waals surface area contributed by atoms with E-state index >= 15 is 0 Å². The van der Waals surface area contributed by atoms with Crippen LogP contribution in [-0.4, -0.2) is 69.3 Å². The van der Waals surface area contributed by atoms with E-state index in [1.807, 2.05) is 12.1 Å². The van der Waals surface area contributed by atoms with Gasteiger partial charge in [0.25, 0.3) is 0 Å². The van der Waals surface area contributed by atoms with Gasteiger partial charge in [0.05, 0.1) is 6.42 Å². The second-order valence-electron chi connectivity index (χ2n) is 7.24. The van der Waals surface area contributed by atoms with Crippen molar-refractivity contribution in [1.29, 1.82) is 0 Å². The molecule has 1 rings (SSSR count). The average molecular weight is 580 g/mol. The Morgan fingerprint density at radius 3 is 2.12 bits per heavy atom. The molecule has 0 saturated heterocycles. The number of aliphatic carboxylic acids is 2. The van der Waals surface area contributed by atoms with Crippen LogP contribution in [0.1, 0.15) is 38.5 Å². The van der Waals surface area contributed by atoms with Gasteiger partial charge in [0.2, 0.25) is 0 Å². The number of hydrogen-bond donors (Lipinski definition) is 8. The maximum absolute atomic E-state index is 12.1. The number of halogens is 1. The van der Waals surface area contributed by atoms with Crippen LogP contribution in [0.2, 0.25) is 0 Å². The summed E-state index contributed by atoms with van der Waals surface area (Å²) in [7, 11) is 0. The monoisotopic (exact) mass is 580 g/mol. The highest BCUT2D eigenvalue weighted by Gasteiger charge is 2.23. The molecule has 0 fully saturated rings. The Labute approximate surface area is 204 Å². The lowest BCUT2D eigenvalue weighted by molar-refractivity contribution is -0.140. The van der Waals surface area contributed by atoms with Crippen molar-refractivity contribution in [2.75, 3.05) is 11.9 Å². The summed E-state index contributed by atoms with van der Waals surface area (Å²) in [6.45, 7) is 0.340. The third-order valence-corrected chi connectivity index (χ3v) is 5.16. The molecule has 0 bridgehead atoms. The third kappa shape index (κ3) is 13.5. The van der Waals surface area contributed by atoms with Gasteiger partial charge in [-0.2, -0.15) is 0 Å². The molecule has 1 aromatic rings. The molecule has 1 aromatic carbocycles. The molecule has 13 heteroatoms. The van der Waals surface area contributed by atoms with E-state index in [0.717, 1.165) is 3.57 Å². The highest BCUT2D eigenvalue weighted by Crippen LogP contribution is 2.11. The number of carboxylic acid groups (broad SMARTS) is 2. The first-order valence-electron chi connectivity index (χ1n) is 10.2. The first-order valence-corrected chi connectivity index (χ1v) is 11.3. The number of urea groups is 2. The topological polar surface area (TPSA) is 197 Å². The van der Waals surface area contributed by atoms with E-state index in [9.17, 15) is 19.2 Å². The van der Waals surface area contributed by atoms with Crippen LogP contribution in [0.25, 0.3) is 0 Å². The number of carbonyl (C=O) groups is 4. The number of carboxylic acids is 2. The van der Waals surface area contributed by atoms with Crippen molar-refractivity contribution in [2.45, 2.75) is 56.9 Å². The van der Waals surface area contributed by atoms with E-state index in [0.29, 0.717) is 31.5 Å². The van der Waals surface area contributed by atoms with Gasteiger partial charge in [-0.3, -0.25) is 4.79 Å². The van der Waals surface area contributed by atoms with Gasteiger partial charge >= 0.3 is 24.0 Å². The molecular formula is C20H29IN4O8. The van der Waals surface area contributed by atoms with Crippen molar-refractivity contribution < 1.29 is 39.6 Å². The minimum Gasteiger partial charge on any atom is -0.481 e. The van der Waals surface area contributed by atoms with Crippen molar-refractivity contribution in [3.63, 3.8) is 0 Å². The number of carbonyl (C=O) groups excluding carboxylic acids is 2. The predicted octanol–water partition coefficient (Wildman–Crippen LogP) is 1.27. The van der Waals surface area contributed by atoms with Crippen LogP contribution in [0.4, 0.5) is 15.3 Å². The first kappa shape index (κ1) is 28.4. The standard InChI is InChI=1S/C20H29IN4O8/c21-12-4-6-13(7-5-12)23-19(32)22-10-2-1-3-14(11-17(28)29)24-20(33)25-15(18(30)31)8-9-16(26)27/h4-7,14-16,26-27H,1-3,8-11H2,(H,28,29)(H,30,31)(H2,22,23,32)(H2,24,25,33)/t14-,15-/m0/s1. The Balaban J connectivity index is 2.40. The fourth-order valence-electron chi connectivity index (χ4n) is 2.82. The Morgan fingerprint density at radius 1 is 0.879 bits per heavy atom. The number of aliphatic hydroxyl groups excluding tert-OH is 1. The van der Waals surface area contributed by atoms with Gasteiger partial charge in [-0.05, 0) is 72.5 Å². The number of nitrogens with one attached hydrogen (secondary N) is 4. The van der Waals surface area contributed by atoms with Crippen LogP contribution < -0.4 is 21.3 Å². The van der Waals surface area contributed by atoms with E-state index in [4.69, 9.17) is 20.4 Å². The number of amides is 4. The van der Waals surface area contributed by atoms with E-state index in [1.54, 1.807) is 12.1 Å². The molecule has 4 amide bonds. The summed E-state index contributed by atoms with van der Waals surface area (Å²) >= 11 is 2.16. The summed E-state index contributed by atoms with van der Waals surface area (Å²) in [4.78, 5) is 46.3. The lowest BCUT2D eigenvalue weighted by Gasteiger charge is -2.20. The number of benzene rings is 1. The molecular weight excluding hydrogens is 551 g/mol. The molecule has 0 heterocycles. The molecule has 0 aromatic heterocycles. The second-order valence-corrected chi connectivity index (χ2v) is 8.49. The smallest absolute Gasteiger partial charge is 0.326 e. The molecule has 33 heavy (non-hydrogen) atoms. The molecule has 0 aliphatic rings. The number of rotatable bonds is 14. The van der Waals surface area contributed by atoms with Crippen LogP contribution in [0.3, 0.4) is 0 Å². The number of unbranched alkanes of at least 4 members (excludes halogenated alkanes) is 1. The van der Waals surface area contributed by atoms with Crippen molar-refractivity contribution in [3.05, 3.63) is 27.8 Å². The number of anilines is 1. The van der Waals surface area contributed by atoms with Crippen LogP contribution >= 0.6 is 22.6 Å². The zero-order valence-electron chi connectivity index (χ0n) is 17.8. The van der Waals surface area contributed by atoms with E-state index in [2.05, 4.69) is 43.9 Å². The molecule has 0 aliphatic carbocycles. The van der Waals surface area contributed by atoms with Crippen molar-refractivity contribution in [1.82, 2.24) is 16.0 Å². The highest BCUT2D eigenvalue weighted by atomic mass is 127. The summed E-state index contributed by atoms with van der Waals surface area (Å²) in [6, 6.07) is 3.92. The van der Waals surface area contributed by atoms with Crippen LogP contribution in [-0.2, 0) is 9.59 Å². The van der Waals surface area contributed by atoms with Crippen LogP contribution in [0, 0.1) is 3.57 Å². The molecule has 184 valence electrons. The van der Waals surface area contributed by atoms with Gasteiger partial charge in [0.15, 0.2) is 6.29 Å². The number of hydrogen-bond acceptors (Lipinski definition) is 6. The zero-order chi connectivity index (χ0) is 24.8. The number of aliphatic hydroxyl groups is 2. The molecule has 8 N–H and O–H groups in total. The van der Waals surface area contributed by atoms with E-state index in [-0.39, 0.29) is 25.3 Å². The fourth-order valence-corrected chi connectivity index (χ4v) is 3.18. The van der Waals surface area contributed by atoms with E-state index in [1.165, 1.54) is 0 Å². The molecule has 2 atom stereocenters. The van der Waals surface area contributed by atoms with Gasteiger partial charge < -0.3 is 41.7 Å². The lowest BCUT2D eigenvalue weighted by atomic mass is 10.1. The summed E-state index contributed by atoms with van der Waals surface area (Å²) in [5.74, 6) is -2.48. The van der Waals surface area contributed by atoms with Gasteiger partial charge in [-0.1, -0.05) is 0 Å². The van der Waals surface area contributed by atoms with Crippen molar-refractivity contribution >= 4 is 52.3 Å². The fraction of sp³-hybridized carbons (Fsp3) is 0.500. The lowest BCUT2D eigenvalue weighted by Crippen LogP contribution is -2.49. The summed E-state index contributed by atoms with van der Waals surface area (Å²) in [5.41, 5.74) is 0.651. The quantitative estimate of drug-likeness (QED) is 0.0914. The Morgan fingerprint density at radius 2 is 1.55 bits per heavy atom. The largest absolute Gasteiger partial charge is 0.481 e. The molecule has 0 unspecified atom stereocenters. The Bertz CT molecular complexity index is 791. The molecule has 0 aliphatic heterocycles. The van der Waals surface area contributed by atoms with Crippen molar-refractivity contribution in [3.8, 4) is 0 Å².